The number of carboxylic acid groups (broad SMARTS) is 3. The molecule has 7 heteroatoms. The van der Waals surface area contributed by atoms with E-state index in [1.807, 2.05) is 20.8 Å². The molecular formula is C39H74NO6+. The normalized spacial score (nSPS) is 15.0. The predicted molar refractivity (Wildman–Crippen MR) is 191 cm³/mol. The molecule has 3 unspecified atom stereocenters. The molecule has 0 aliphatic carbocycles. The number of hydrogen-bond acceptors (Lipinski definition) is 3. The van der Waals surface area contributed by atoms with E-state index < -0.39 is 36.0 Å². The largest absolute Gasteiger partial charge is 0.477 e. The predicted octanol–water partition coefficient (Wildman–Crippen LogP) is 10.9. The molecule has 0 saturated heterocycles. The van der Waals surface area contributed by atoms with E-state index in [0.29, 0.717) is 25.7 Å². The fraction of sp³-hybridized carbons (Fsp3) is 0.872. The Kier molecular flexibility index (Phi) is 28.1. The first-order valence-electron chi connectivity index (χ1n) is 19.4. The van der Waals surface area contributed by atoms with Crippen LogP contribution in [-0.2, 0) is 14.4 Å². The molecule has 0 aromatic rings. The summed E-state index contributed by atoms with van der Waals surface area (Å²) in [6.07, 6.45) is 31.8. The monoisotopic (exact) mass is 653 g/mol. The van der Waals surface area contributed by atoms with Gasteiger partial charge in [0.1, 0.15) is 0 Å². The first-order chi connectivity index (χ1) is 22.2. The van der Waals surface area contributed by atoms with Gasteiger partial charge in [0, 0.05) is 19.3 Å². The van der Waals surface area contributed by atoms with Crippen molar-refractivity contribution < 1.29 is 34.2 Å². The van der Waals surface area contributed by atoms with E-state index in [1.165, 1.54) is 103 Å². The van der Waals surface area contributed by atoms with Gasteiger partial charge in [-0.1, -0.05) is 130 Å². The number of quaternary nitrogens is 1. The van der Waals surface area contributed by atoms with Crippen LogP contribution >= 0.6 is 0 Å². The van der Waals surface area contributed by atoms with Gasteiger partial charge in [0.05, 0.1) is 6.54 Å². The third-order valence-electron chi connectivity index (χ3n) is 9.84. The highest BCUT2D eigenvalue weighted by atomic mass is 16.4. The molecule has 270 valence electrons. The number of carboxylic acids is 3. The number of aliphatic carboxylic acids is 3. The molecule has 0 fully saturated rings. The SMILES string of the molecule is CCCCCC/C=C/CCCCCCCCCCCCCCCC[N+](C(CCC)C(=O)O)(C(CCC)C(=O)O)C(CCC)C(=O)O. The molecule has 0 aliphatic heterocycles. The second-order valence-electron chi connectivity index (χ2n) is 13.7. The lowest BCUT2D eigenvalue weighted by molar-refractivity contribution is -0.973. The van der Waals surface area contributed by atoms with Gasteiger partial charge in [0.15, 0.2) is 18.1 Å². The third kappa shape index (κ3) is 18.4. The number of nitrogens with zero attached hydrogens (tertiary/aromatic N) is 1. The minimum absolute atomic E-state index is 0.271. The standard InChI is InChI=1S/C39H73NO6/c1-5-9-10-11-12-13-14-15-16-17-18-19-20-21-22-23-24-25-26-27-28-29-33-40(34(30-6-2)37(41)42,35(31-7-3)38(43)44)36(32-8-4)39(45)46/h13-14,34-36H,5-12,15-33H2,1-4H3,(H2-,41,42,43,44,45,46)/p+1/b14-13+. The zero-order valence-corrected chi connectivity index (χ0v) is 30.5. The highest BCUT2D eigenvalue weighted by molar-refractivity contribution is 5.78. The summed E-state index contributed by atoms with van der Waals surface area (Å²) in [7, 11) is 0. The van der Waals surface area contributed by atoms with E-state index in [0.717, 1.165) is 19.3 Å². The zero-order valence-electron chi connectivity index (χ0n) is 30.5. The van der Waals surface area contributed by atoms with Gasteiger partial charge in [-0.15, -0.1) is 0 Å². The maximum atomic E-state index is 12.6. The summed E-state index contributed by atoms with van der Waals surface area (Å²) in [5.74, 6) is -3.24. The molecule has 46 heavy (non-hydrogen) atoms. The fourth-order valence-electron chi connectivity index (χ4n) is 7.34. The molecule has 0 radical (unpaired) electrons. The summed E-state index contributed by atoms with van der Waals surface area (Å²) in [6, 6.07) is -3.13. The van der Waals surface area contributed by atoms with Crippen molar-refractivity contribution in [3.05, 3.63) is 12.2 Å². The molecule has 7 nitrogen and oxygen atoms in total. The van der Waals surface area contributed by atoms with Crippen LogP contribution in [0.4, 0.5) is 0 Å². The van der Waals surface area contributed by atoms with Crippen LogP contribution in [0, 0.1) is 0 Å². The summed E-state index contributed by atoms with van der Waals surface area (Å²) < 4.78 is -0.369. The van der Waals surface area contributed by atoms with Crippen molar-refractivity contribution in [2.45, 2.75) is 213 Å². The number of hydrogen-bond donors (Lipinski definition) is 3. The number of rotatable bonds is 34. The van der Waals surface area contributed by atoms with Gasteiger partial charge in [-0.25, -0.2) is 14.4 Å². The average Bonchev–Trinajstić information content (AvgIpc) is 3.02. The quantitative estimate of drug-likeness (QED) is 0.0362. The van der Waals surface area contributed by atoms with Gasteiger partial charge in [-0.05, 0) is 57.8 Å². The van der Waals surface area contributed by atoms with Crippen LogP contribution in [0.2, 0.25) is 0 Å². The number of allylic oxidation sites excluding steroid dienone is 2. The minimum Gasteiger partial charge on any atom is -0.477 e. The Morgan fingerprint density at radius 2 is 0.717 bits per heavy atom. The molecule has 0 spiro atoms. The van der Waals surface area contributed by atoms with E-state index in [1.54, 1.807) is 0 Å². The summed E-state index contributed by atoms with van der Waals surface area (Å²) >= 11 is 0. The second kappa shape index (κ2) is 29.3. The van der Waals surface area contributed by atoms with E-state index >= 15 is 0 Å². The lowest BCUT2D eigenvalue weighted by Crippen LogP contribution is -2.72. The highest BCUT2D eigenvalue weighted by Crippen LogP contribution is 2.34. The highest BCUT2D eigenvalue weighted by Gasteiger charge is 2.56. The van der Waals surface area contributed by atoms with Gasteiger partial charge in [0.2, 0.25) is 0 Å². The first-order valence-corrected chi connectivity index (χ1v) is 19.4. The Bertz CT molecular complexity index is 738. The summed E-state index contributed by atoms with van der Waals surface area (Å²) in [6.45, 7) is 8.18. The van der Waals surface area contributed by atoms with Crippen molar-refractivity contribution in [2.24, 2.45) is 0 Å². The lowest BCUT2D eigenvalue weighted by Gasteiger charge is -2.50. The Morgan fingerprint density at radius 1 is 0.435 bits per heavy atom. The van der Waals surface area contributed by atoms with Gasteiger partial charge >= 0.3 is 17.9 Å². The van der Waals surface area contributed by atoms with E-state index in [4.69, 9.17) is 0 Å². The Labute approximate surface area is 283 Å². The summed E-state index contributed by atoms with van der Waals surface area (Å²) in [4.78, 5) is 37.9. The molecule has 0 amide bonds. The molecule has 0 saturated carbocycles. The molecule has 3 N–H and O–H groups in total. The second-order valence-corrected chi connectivity index (χ2v) is 13.7. The van der Waals surface area contributed by atoms with Crippen molar-refractivity contribution >= 4 is 17.9 Å². The van der Waals surface area contributed by atoms with Crippen LogP contribution in [0.5, 0.6) is 0 Å². The smallest absolute Gasteiger partial charge is 0.362 e. The van der Waals surface area contributed by atoms with Crippen molar-refractivity contribution in [1.82, 2.24) is 0 Å². The molecule has 0 aromatic carbocycles. The maximum Gasteiger partial charge on any atom is 0.362 e. The van der Waals surface area contributed by atoms with E-state index in [9.17, 15) is 29.7 Å². The van der Waals surface area contributed by atoms with Crippen molar-refractivity contribution in [1.29, 1.82) is 0 Å². The summed E-state index contributed by atoms with van der Waals surface area (Å²) in [5, 5.41) is 30.9. The Morgan fingerprint density at radius 3 is 1.00 bits per heavy atom. The van der Waals surface area contributed by atoms with Crippen LogP contribution in [0.3, 0.4) is 0 Å². The van der Waals surface area contributed by atoms with Crippen LogP contribution in [0.1, 0.15) is 195 Å². The number of carbonyl (C=O) groups is 3. The van der Waals surface area contributed by atoms with Crippen LogP contribution in [0.25, 0.3) is 0 Å². The fourth-order valence-corrected chi connectivity index (χ4v) is 7.34. The molecule has 0 aromatic heterocycles. The third-order valence-corrected chi connectivity index (χ3v) is 9.84. The van der Waals surface area contributed by atoms with Gasteiger partial charge in [-0.3, -0.25) is 4.48 Å². The zero-order chi connectivity index (χ0) is 34.5. The van der Waals surface area contributed by atoms with Crippen molar-refractivity contribution in [3.63, 3.8) is 0 Å². The van der Waals surface area contributed by atoms with E-state index in [2.05, 4.69) is 19.1 Å². The van der Waals surface area contributed by atoms with Crippen molar-refractivity contribution in [2.75, 3.05) is 6.54 Å². The van der Waals surface area contributed by atoms with Gasteiger partial charge in [0.25, 0.3) is 0 Å². The topological polar surface area (TPSA) is 112 Å². The van der Waals surface area contributed by atoms with Crippen molar-refractivity contribution in [3.8, 4) is 0 Å². The minimum atomic E-state index is -1.08. The van der Waals surface area contributed by atoms with Gasteiger partial charge < -0.3 is 15.3 Å². The summed E-state index contributed by atoms with van der Waals surface area (Å²) in [5.41, 5.74) is 0. The molecular weight excluding hydrogens is 578 g/mol. The average molecular weight is 653 g/mol. The van der Waals surface area contributed by atoms with Crippen LogP contribution in [-0.4, -0.2) is 62.4 Å². The molecule has 3 atom stereocenters. The molecule has 0 heterocycles. The van der Waals surface area contributed by atoms with E-state index in [-0.39, 0.29) is 30.3 Å². The maximum absolute atomic E-state index is 12.6. The first kappa shape index (κ1) is 44.1. The molecule has 0 bridgehead atoms. The Hall–Kier alpha value is -1.89. The number of unbranched alkanes of at least 4 members (excludes halogenated alkanes) is 18. The lowest BCUT2D eigenvalue weighted by atomic mass is 9.91. The van der Waals surface area contributed by atoms with Crippen LogP contribution < -0.4 is 0 Å². The van der Waals surface area contributed by atoms with Gasteiger partial charge in [-0.2, -0.15) is 0 Å². The van der Waals surface area contributed by atoms with Crippen LogP contribution in [0.15, 0.2) is 12.2 Å². The molecule has 0 rings (SSSR count). The Balaban J connectivity index is 4.57. The molecule has 0 aliphatic rings.